The van der Waals surface area contributed by atoms with Crippen molar-refractivity contribution in [2.45, 2.75) is 18.5 Å². The zero-order valence-corrected chi connectivity index (χ0v) is 15.7. The van der Waals surface area contributed by atoms with E-state index in [1.54, 1.807) is 17.0 Å². The highest BCUT2D eigenvalue weighted by Gasteiger charge is 2.42. The Labute approximate surface area is 166 Å². The third kappa shape index (κ3) is 2.81. The summed E-state index contributed by atoms with van der Waals surface area (Å²) in [5, 5.41) is 4.62. The van der Waals surface area contributed by atoms with Crippen LogP contribution in [-0.4, -0.2) is 41.1 Å². The molecule has 0 bridgehead atoms. The minimum Gasteiger partial charge on any atom is -0.448 e. The Balaban J connectivity index is 1.44. The molecule has 3 aromatic rings. The standard InChI is InChI=1S/C21H18ClN3O3/c22-14-5-6-16-13(9-14)11-18(23-16)20(26)24-17-10-12-3-1-2-4-15(12)19(17)25-7-8-28-21(25)27/h1-6,9,11,17,19,23H,7-8,10H2,(H,24,26)/t17?,19-/m1/s1. The van der Waals surface area contributed by atoms with E-state index < -0.39 is 0 Å². The number of hydrogen-bond donors (Lipinski definition) is 2. The van der Waals surface area contributed by atoms with Gasteiger partial charge >= 0.3 is 6.09 Å². The number of cyclic esters (lactones) is 1. The lowest BCUT2D eigenvalue weighted by atomic mass is 10.1. The molecule has 2 atom stereocenters. The summed E-state index contributed by atoms with van der Waals surface area (Å²) in [6.45, 7) is 0.899. The van der Waals surface area contributed by atoms with Crippen LogP contribution in [0.1, 0.15) is 27.7 Å². The van der Waals surface area contributed by atoms with Crippen LogP contribution in [0.4, 0.5) is 4.79 Å². The first-order chi connectivity index (χ1) is 13.6. The van der Waals surface area contributed by atoms with Crippen molar-refractivity contribution in [1.82, 2.24) is 15.2 Å². The first-order valence-corrected chi connectivity index (χ1v) is 9.58. The number of nitrogens with one attached hydrogen (secondary N) is 2. The average molecular weight is 396 g/mol. The van der Waals surface area contributed by atoms with Crippen molar-refractivity contribution < 1.29 is 14.3 Å². The molecule has 0 radical (unpaired) electrons. The van der Waals surface area contributed by atoms with Crippen LogP contribution < -0.4 is 5.32 Å². The molecule has 1 aliphatic carbocycles. The molecule has 6 nitrogen and oxygen atoms in total. The van der Waals surface area contributed by atoms with Gasteiger partial charge in [-0.25, -0.2) is 4.79 Å². The summed E-state index contributed by atoms with van der Waals surface area (Å²) in [4.78, 5) is 30.0. The van der Waals surface area contributed by atoms with Gasteiger partial charge in [0.2, 0.25) is 0 Å². The second kappa shape index (κ2) is 6.56. The molecule has 2 aliphatic rings. The number of halogens is 1. The van der Waals surface area contributed by atoms with Gasteiger partial charge in [-0.15, -0.1) is 0 Å². The van der Waals surface area contributed by atoms with E-state index in [0.29, 0.717) is 30.3 Å². The maximum absolute atomic E-state index is 12.9. The average Bonchev–Trinajstić information content (AvgIpc) is 3.37. The van der Waals surface area contributed by atoms with Crippen LogP contribution in [0.2, 0.25) is 5.02 Å². The fourth-order valence-corrected chi connectivity index (χ4v) is 4.40. The van der Waals surface area contributed by atoms with Gasteiger partial charge in [-0.3, -0.25) is 9.69 Å². The summed E-state index contributed by atoms with van der Waals surface area (Å²) >= 11 is 6.04. The van der Waals surface area contributed by atoms with Crippen LogP contribution in [0.25, 0.3) is 10.9 Å². The molecule has 1 saturated heterocycles. The molecule has 0 saturated carbocycles. The second-order valence-electron chi connectivity index (χ2n) is 7.15. The van der Waals surface area contributed by atoms with Crippen LogP contribution in [0.3, 0.4) is 0 Å². The van der Waals surface area contributed by atoms with Crippen molar-refractivity contribution >= 4 is 34.5 Å². The van der Waals surface area contributed by atoms with E-state index in [0.717, 1.165) is 22.0 Å². The molecular weight excluding hydrogens is 378 g/mol. The first-order valence-electron chi connectivity index (χ1n) is 9.20. The van der Waals surface area contributed by atoms with Crippen molar-refractivity contribution in [3.8, 4) is 0 Å². The predicted octanol–water partition coefficient (Wildman–Crippen LogP) is 3.67. The molecule has 1 aromatic heterocycles. The molecule has 1 fully saturated rings. The van der Waals surface area contributed by atoms with Gasteiger partial charge in [0, 0.05) is 15.9 Å². The van der Waals surface area contributed by atoms with Gasteiger partial charge in [-0.2, -0.15) is 0 Å². The van der Waals surface area contributed by atoms with Crippen molar-refractivity contribution in [1.29, 1.82) is 0 Å². The van der Waals surface area contributed by atoms with Crippen molar-refractivity contribution in [3.63, 3.8) is 0 Å². The van der Waals surface area contributed by atoms with Crippen LogP contribution in [0.15, 0.2) is 48.5 Å². The highest BCUT2D eigenvalue weighted by atomic mass is 35.5. The largest absolute Gasteiger partial charge is 0.448 e. The quantitative estimate of drug-likeness (QED) is 0.710. The van der Waals surface area contributed by atoms with E-state index >= 15 is 0 Å². The van der Waals surface area contributed by atoms with Gasteiger partial charge in [-0.1, -0.05) is 35.9 Å². The van der Waals surface area contributed by atoms with Crippen LogP contribution in [-0.2, 0) is 11.2 Å². The summed E-state index contributed by atoms with van der Waals surface area (Å²) < 4.78 is 5.14. The number of H-pyrrole nitrogens is 1. The zero-order chi connectivity index (χ0) is 19.3. The number of rotatable bonds is 3. The summed E-state index contributed by atoms with van der Waals surface area (Å²) in [6.07, 6.45) is 0.337. The molecule has 5 rings (SSSR count). The van der Waals surface area contributed by atoms with E-state index in [9.17, 15) is 9.59 Å². The second-order valence-corrected chi connectivity index (χ2v) is 7.59. The van der Waals surface area contributed by atoms with E-state index in [-0.39, 0.29) is 24.1 Å². The number of carbonyl (C=O) groups is 2. The molecule has 1 aliphatic heterocycles. The summed E-state index contributed by atoms with van der Waals surface area (Å²) in [7, 11) is 0. The normalized spacial score (nSPS) is 21.0. The molecule has 1 unspecified atom stereocenters. The van der Waals surface area contributed by atoms with Gasteiger partial charge in [0.1, 0.15) is 12.3 Å². The SMILES string of the molecule is O=C(NC1Cc2ccccc2[C@H]1N1CCOC1=O)c1cc2cc(Cl)ccc2[nH]1. The highest BCUT2D eigenvalue weighted by Crippen LogP contribution is 2.37. The Kier molecular flexibility index (Phi) is 4.02. The fourth-order valence-electron chi connectivity index (χ4n) is 4.22. The van der Waals surface area contributed by atoms with Gasteiger partial charge in [0.25, 0.3) is 5.91 Å². The molecule has 2 heterocycles. The third-order valence-electron chi connectivity index (χ3n) is 5.47. The number of hydrogen-bond acceptors (Lipinski definition) is 3. The number of fused-ring (bicyclic) bond motifs is 2. The van der Waals surface area contributed by atoms with Crippen LogP contribution in [0.5, 0.6) is 0 Å². The van der Waals surface area contributed by atoms with E-state index in [2.05, 4.69) is 10.3 Å². The lowest BCUT2D eigenvalue weighted by molar-refractivity contribution is 0.0902. The maximum atomic E-state index is 12.9. The Morgan fingerprint density at radius 2 is 2.07 bits per heavy atom. The van der Waals surface area contributed by atoms with E-state index in [1.807, 2.05) is 36.4 Å². The third-order valence-corrected chi connectivity index (χ3v) is 5.70. The van der Waals surface area contributed by atoms with Crippen LogP contribution in [0, 0.1) is 0 Å². The lowest BCUT2D eigenvalue weighted by Crippen LogP contribution is -2.45. The topological polar surface area (TPSA) is 74.4 Å². The summed E-state index contributed by atoms with van der Waals surface area (Å²) in [6, 6.07) is 14.8. The van der Waals surface area contributed by atoms with Crippen molar-refractivity contribution in [2.24, 2.45) is 0 Å². The van der Waals surface area contributed by atoms with E-state index in [1.165, 1.54) is 0 Å². The van der Waals surface area contributed by atoms with Gasteiger partial charge in [0.05, 0.1) is 18.6 Å². The fraction of sp³-hybridized carbons (Fsp3) is 0.238. The van der Waals surface area contributed by atoms with Crippen LogP contribution >= 0.6 is 11.6 Å². The van der Waals surface area contributed by atoms with Gasteiger partial charge in [-0.05, 0) is 41.8 Å². The minimum absolute atomic E-state index is 0.206. The lowest BCUT2D eigenvalue weighted by Gasteiger charge is -2.28. The number of aromatic amines is 1. The zero-order valence-electron chi connectivity index (χ0n) is 14.9. The summed E-state index contributed by atoms with van der Waals surface area (Å²) in [5.41, 5.74) is 3.52. The minimum atomic E-state index is -0.332. The number of ether oxygens (including phenoxy) is 1. The number of aromatic nitrogens is 1. The molecule has 2 amide bonds. The Morgan fingerprint density at radius 3 is 2.89 bits per heavy atom. The molecular formula is C21H18ClN3O3. The Morgan fingerprint density at radius 1 is 1.21 bits per heavy atom. The number of benzene rings is 2. The molecule has 2 aromatic carbocycles. The molecule has 2 N–H and O–H groups in total. The monoisotopic (exact) mass is 395 g/mol. The van der Waals surface area contributed by atoms with E-state index in [4.69, 9.17) is 16.3 Å². The number of amides is 2. The van der Waals surface area contributed by atoms with Crippen molar-refractivity contribution in [2.75, 3.05) is 13.2 Å². The smallest absolute Gasteiger partial charge is 0.410 e. The summed E-state index contributed by atoms with van der Waals surface area (Å²) in [5.74, 6) is -0.206. The van der Waals surface area contributed by atoms with Gasteiger partial charge < -0.3 is 15.0 Å². The molecule has 142 valence electrons. The molecule has 28 heavy (non-hydrogen) atoms. The highest BCUT2D eigenvalue weighted by molar-refractivity contribution is 6.31. The first kappa shape index (κ1) is 17.1. The number of carbonyl (C=O) groups excluding carboxylic acids is 2. The van der Waals surface area contributed by atoms with Crippen molar-refractivity contribution in [3.05, 3.63) is 70.4 Å². The maximum Gasteiger partial charge on any atom is 0.410 e. The number of nitrogens with zero attached hydrogens (tertiary/aromatic N) is 1. The molecule has 7 heteroatoms. The Bertz CT molecular complexity index is 1090. The Hall–Kier alpha value is -2.99. The molecule has 0 spiro atoms. The predicted molar refractivity (Wildman–Crippen MR) is 106 cm³/mol. The van der Waals surface area contributed by atoms with Gasteiger partial charge in [0.15, 0.2) is 0 Å².